The van der Waals surface area contributed by atoms with Gasteiger partial charge in [0.25, 0.3) is 0 Å². The van der Waals surface area contributed by atoms with Crippen LogP contribution in [0.2, 0.25) is 0 Å². The number of hydrogen-bond acceptors (Lipinski definition) is 4. The lowest BCUT2D eigenvalue weighted by molar-refractivity contribution is -0.153. The zero-order chi connectivity index (χ0) is 13.6. The summed E-state index contributed by atoms with van der Waals surface area (Å²) in [5, 5.41) is 0. The minimum absolute atomic E-state index is 0.214. The van der Waals surface area contributed by atoms with Crippen molar-refractivity contribution in [3.05, 3.63) is 29.8 Å². The molecule has 1 rings (SSSR count). The van der Waals surface area contributed by atoms with Crippen molar-refractivity contribution in [3.63, 3.8) is 0 Å². The van der Waals surface area contributed by atoms with Crippen LogP contribution in [0.25, 0.3) is 0 Å². The summed E-state index contributed by atoms with van der Waals surface area (Å²) in [4.78, 5) is 21.9. The largest absolute Gasteiger partial charge is 0.490 e. The van der Waals surface area contributed by atoms with Crippen LogP contribution in [0.4, 0.5) is 0 Å². The molecule has 4 nitrogen and oxygen atoms in total. The lowest BCUT2D eigenvalue weighted by Gasteiger charge is -2.16. The van der Waals surface area contributed by atoms with Crippen molar-refractivity contribution in [1.29, 1.82) is 0 Å². The number of esters is 1. The summed E-state index contributed by atoms with van der Waals surface area (Å²) in [6.07, 6.45) is 0.773. The summed E-state index contributed by atoms with van der Waals surface area (Å²) in [7, 11) is 0. The number of carbonyl (C=O) groups is 2. The molecule has 0 bridgehead atoms. The van der Waals surface area contributed by atoms with Gasteiger partial charge < -0.3 is 9.47 Å². The van der Waals surface area contributed by atoms with E-state index in [1.165, 1.54) is 0 Å². The number of ether oxygens (including phenoxy) is 2. The second kappa shape index (κ2) is 6.19. The predicted octanol–water partition coefficient (Wildman–Crippen LogP) is 2.47. The minimum atomic E-state index is -0.494. The van der Waals surface area contributed by atoms with Gasteiger partial charge in [-0.2, -0.15) is 0 Å². The van der Waals surface area contributed by atoms with Gasteiger partial charge in [0, 0.05) is 5.56 Å². The quantitative estimate of drug-likeness (QED) is 0.457. The summed E-state index contributed by atoms with van der Waals surface area (Å²) >= 11 is 0. The molecule has 1 aromatic rings. The van der Waals surface area contributed by atoms with E-state index in [2.05, 4.69) is 0 Å². The lowest BCUT2D eigenvalue weighted by atomic mass is 9.97. The summed E-state index contributed by atoms with van der Waals surface area (Å²) in [5.41, 5.74) is 0.104. The van der Waals surface area contributed by atoms with Crippen molar-refractivity contribution >= 4 is 12.3 Å². The van der Waals surface area contributed by atoms with Crippen molar-refractivity contribution in [2.24, 2.45) is 5.41 Å². The normalized spacial score (nSPS) is 10.8. The first-order valence-electron chi connectivity index (χ1n) is 5.79. The molecular weight excluding hydrogens is 232 g/mol. The first kappa shape index (κ1) is 14.2. The van der Waals surface area contributed by atoms with Gasteiger partial charge in [0.05, 0.1) is 5.41 Å². The molecule has 0 saturated carbocycles. The Morgan fingerprint density at radius 3 is 2.28 bits per heavy atom. The highest BCUT2D eigenvalue weighted by Crippen LogP contribution is 2.15. The second-order valence-electron chi connectivity index (χ2n) is 4.92. The van der Waals surface area contributed by atoms with E-state index in [1.54, 1.807) is 45.0 Å². The van der Waals surface area contributed by atoms with Crippen LogP contribution in [0.5, 0.6) is 5.75 Å². The monoisotopic (exact) mass is 250 g/mol. The van der Waals surface area contributed by atoms with Crippen LogP contribution < -0.4 is 4.74 Å². The van der Waals surface area contributed by atoms with E-state index >= 15 is 0 Å². The maximum absolute atomic E-state index is 11.4. The summed E-state index contributed by atoms with van der Waals surface area (Å²) < 4.78 is 10.4. The van der Waals surface area contributed by atoms with Gasteiger partial charge in [-0.15, -0.1) is 0 Å². The molecule has 1 aromatic carbocycles. The average molecular weight is 250 g/mol. The van der Waals surface area contributed by atoms with Crippen molar-refractivity contribution in [3.8, 4) is 5.75 Å². The fourth-order valence-corrected chi connectivity index (χ4v) is 1.15. The van der Waals surface area contributed by atoms with Gasteiger partial charge in [0.2, 0.25) is 0 Å². The van der Waals surface area contributed by atoms with Crippen molar-refractivity contribution in [2.45, 2.75) is 20.8 Å². The summed E-state index contributed by atoms with van der Waals surface area (Å²) in [5.74, 6) is 0.398. The molecule has 0 saturated heterocycles. The molecule has 0 heterocycles. The molecule has 0 radical (unpaired) electrons. The third-order valence-corrected chi connectivity index (χ3v) is 2.21. The Hall–Kier alpha value is -1.84. The van der Waals surface area contributed by atoms with Crippen molar-refractivity contribution < 1.29 is 19.1 Å². The van der Waals surface area contributed by atoms with Crippen LogP contribution in [0, 0.1) is 5.41 Å². The molecule has 18 heavy (non-hydrogen) atoms. The average Bonchev–Trinajstić information content (AvgIpc) is 2.34. The molecule has 4 heteroatoms. The number of aldehydes is 1. The highest BCUT2D eigenvalue weighted by atomic mass is 16.6. The Balaban J connectivity index is 2.29. The van der Waals surface area contributed by atoms with E-state index in [0.717, 1.165) is 6.29 Å². The van der Waals surface area contributed by atoms with Gasteiger partial charge in [-0.05, 0) is 45.0 Å². The van der Waals surface area contributed by atoms with E-state index in [-0.39, 0.29) is 12.6 Å². The molecule has 0 aliphatic rings. The second-order valence-corrected chi connectivity index (χ2v) is 4.92. The fourth-order valence-electron chi connectivity index (χ4n) is 1.15. The highest BCUT2D eigenvalue weighted by molar-refractivity contribution is 5.75. The molecule has 0 unspecified atom stereocenters. The first-order chi connectivity index (χ1) is 8.43. The predicted molar refractivity (Wildman–Crippen MR) is 67.7 cm³/mol. The molecule has 0 N–H and O–H groups in total. The summed E-state index contributed by atoms with van der Waals surface area (Å²) in [6, 6.07) is 6.75. The zero-order valence-electron chi connectivity index (χ0n) is 10.9. The van der Waals surface area contributed by atoms with Gasteiger partial charge in [-0.25, -0.2) is 0 Å². The Kier molecular flexibility index (Phi) is 4.89. The van der Waals surface area contributed by atoms with Crippen LogP contribution in [0.1, 0.15) is 31.1 Å². The smallest absolute Gasteiger partial charge is 0.311 e. The lowest BCUT2D eigenvalue weighted by Crippen LogP contribution is -2.24. The van der Waals surface area contributed by atoms with Crippen LogP contribution in [0.3, 0.4) is 0 Å². The number of rotatable bonds is 5. The maximum atomic E-state index is 11.4. The van der Waals surface area contributed by atoms with E-state index < -0.39 is 5.41 Å². The van der Waals surface area contributed by atoms with Gasteiger partial charge in [0.15, 0.2) is 0 Å². The van der Waals surface area contributed by atoms with Crippen LogP contribution in [-0.4, -0.2) is 25.5 Å². The molecule has 0 amide bonds. The molecular formula is C14H18O4. The molecule has 0 aliphatic carbocycles. The van der Waals surface area contributed by atoms with Gasteiger partial charge in [-0.1, -0.05) is 0 Å². The molecule has 0 spiro atoms. The molecule has 0 aromatic heterocycles. The fraction of sp³-hybridized carbons (Fsp3) is 0.429. The van der Waals surface area contributed by atoms with Crippen LogP contribution >= 0.6 is 0 Å². The van der Waals surface area contributed by atoms with Gasteiger partial charge in [0.1, 0.15) is 25.2 Å². The van der Waals surface area contributed by atoms with Crippen molar-refractivity contribution in [2.75, 3.05) is 13.2 Å². The Morgan fingerprint density at radius 1 is 1.17 bits per heavy atom. The Morgan fingerprint density at radius 2 is 1.78 bits per heavy atom. The van der Waals surface area contributed by atoms with Gasteiger partial charge in [-0.3, -0.25) is 9.59 Å². The Bertz CT molecular complexity index is 401. The Labute approximate surface area is 107 Å². The number of carbonyl (C=O) groups excluding carboxylic acids is 2. The third-order valence-electron chi connectivity index (χ3n) is 2.21. The molecule has 0 atom stereocenters. The topological polar surface area (TPSA) is 52.6 Å². The minimum Gasteiger partial charge on any atom is -0.490 e. The van der Waals surface area contributed by atoms with E-state index in [9.17, 15) is 9.59 Å². The molecule has 0 fully saturated rings. The third kappa shape index (κ3) is 4.57. The highest BCUT2D eigenvalue weighted by Gasteiger charge is 2.22. The standard InChI is InChI=1S/C14H18O4/c1-14(2,3)13(16)18-9-8-17-12-6-4-11(10-15)5-7-12/h4-7,10H,8-9H2,1-3H3. The molecule has 0 aliphatic heterocycles. The molecule has 98 valence electrons. The zero-order valence-corrected chi connectivity index (χ0v) is 10.9. The summed E-state index contributed by atoms with van der Waals surface area (Å²) in [6.45, 7) is 5.91. The maximum Gasteiger partial charge on any atom is 0.311 e. The first-order valence-corrected chi connectivity index (χ1v) is 5.79. The van der Waals surface area contributed by atoms with Crippen LogP contribution in [0.15, 0.2) is 24.3 Å². The number of benzene rings is 1. The van der Waals surface area contributed by atoms with E-state index in [4.69, 9.17) is 9.47 Å². The van der Waals surface area contributed by atoms with Crippen molar-refractivity contribution in [1.82, 2.24) is 0 Å². The van der Waals surface area contributed by atoms with Gasteiger partial charge >= 0.3 is 5.97 Å². The van der Waals surface area contributed by atoms with E-state index in [1.807, 2.05) is 0 Å². The van der Waals surface area contributed by atoms with E-state index in [0.29, 0.717) is 17.9 Å². The van der Waals surface area contributed by atoms with Crippen LogP contribution in [-0.2, 0) is 9.53 Å². The SMILES string of the molecule is CC(C)(C)C(=O)OCCOc1ccc(C=O)cc1. The number of hydrogen-bond donors (Lipinski definition) is 0.